The Kier molecular flexibility index (Phi) is 5.32. The smallest absolute Gasteiger partial charge is 0.189 e. The van der Waals surface area contributed by atoms with Crippen LogP contribution in [-0.2, 0) is 6.54 Å². The van der Waals surface area contributed by atoms with Crippen LogP contribution in [0.3, 0.4) is 0 Å². The predicted molar refractivity (Wildman–Crippen MR) is 91.0 cm³/mol. The van der Waals surface area contributed by atoms with Crippen molar-refractivity contribution in [2.45, 2.75) is 6.54 Å². The van der Waals surface area contributed by atoms with Crippen LogP contribution in [0, 0.1) is 0 Å². The fourth-order valence-corrected chi connectivity index (χ4v) is 1.83. The molecule has 0 atom stereocenters. The molecule has 0 aliphatic rings. The van der Waals surface area contributed by atoms with E-state index >= 15 is 0 Å². The lowest BCUT2D eigenvalue weighted by Gasteiger charge is -2.15. The third-order valence-electron chi connectivity index (χ3n) is 2.96. The van der Waals surface area contributed by atoms with Gasteiger partial charge in [0.1, 0.15) is 0 Å². The van der Waals surface area contributed by atoms with Crippen molar-refractivity contribution in [2.75, 3.05) is 7.05 Å². The van der Waals surface area contributed by atoms with Gasteiger partial charge in [-0.05, 0) is 41.5 Å². The van der Waals surface area contributed by atoms with Gasteiger partial charge >= 0.3 is 0 Å². The second-order valence-corrected chi connectivity index (χ2v) is 5.05. The van der Waals surface area contributed by atoms with Crippen LogP contribution < -0.4 is 5.32 Å². The van der Waals surface area contributed by atoms with Gasteiger partial charge in [0.15, 0.2) is 16.6 Å². The number of nitrogens with one attached hydrogen (secondary N) is 1. The molecule has 3 N–H and O–H groups in total. The molecule has 114 valence electrons. The van der Waals surface area contributed by atoms with Crippen molar-refractivity contribution >= 4 is 23.5 Å². The second kappa shape index (κ2) is 7.42. The molecule has 0 aliphatic heterocycles. The number of phenols is 2. The summed E-state index contributed by atoms with van der Waals surface area (Å²) in [7, 11) is 1.73. The molecule has 0 spiro atoms. The van der Waals surface area contributed by atoms with E-state index in [0.29, 0.717) is 17.2 Å². The number of benzene rings is 2. The van der Waals surface area contributed by atoms with Crippen LogP contribution in [0.25, 0.3) is 0 Å². The van der Waals surface area contributed by atoms with E-state index in [2.05, 4.69) is 10.4 Å². The first-order valence-electron chi connectivity index (χ1n) is 6.67. The summed E-state index contributed by atoms with van der Waals surface area (Å²) in [5, 5.41) is 28.0. The highest BCUT2D eigenvalue weighted by Crippen LogP contribution is 2.23. The topological polar surface area (TPSA) is 68.1 Å². The van der Waals surface area contributed by atoms with Gasteiger partial charge in [-0.2, -0.15) is 5.10 Å². The number of hydrogen-bond acceptors (Lipinski definition) is 4. The molecule has 2 aromatic carbocycles. The number of nitrogens with zero attached hydrogens (tertiary/aromatic N) is 2. The molecular weight excluding hydrogens is 298 g/mol. The summed E-state index contributed by atoms with van der Waals surface area (Å²) in [6.45, 7) is 0.625. The minimum absolute atomic E-state index is 0.162. The van der Waals surface area contributed by atoms with Gasteiger partial charge in [0, 0.05) is 13.6 Å². The van der Waals surface area contributed by atoms with Gasteiger partial charge in [-0.1, -0.05) is 30.3 Å². The molecule has 22 heavy (non-hydrogen) atoms. The summed E-state index contributed by atoms with van der Waals surface area (Å²) in [5.74, 6) is -0.345. The predicted octanol–water partition coefficient (Wildman–Crippen LogP) is 2.44. The molecule has 5 nitrogen and oxygen atoms in total. The zero-order valence-electron chi connectivity index (χ0n) is 12.1. The lowest BCUT2D eigenvalue weighted by Crippen LogP contribution is -2.33. The maximum atomic E-state index is 9.42. The third kappa shape index (κ3) is 4.46. The Labute approximate surface area is 134 Å². The molecule has 2 aromatic rings. The minimum Gasteiger partial charge on any atom is -0.504 e. The van der Waals surface area contributed by atoms with E-state index in [1.54, 1.807) is 19.3 Å². The monoisotopic (exact) mass is 315 g/mol. The van der Waals surface area contributed by atoms with Gasteiger partial charge in [0.2, 0.25) is 0 Å². The van der Waals surface area contributed by atoms with Crippen molar-refractivity contribution < 1.29 is 10.2 Å². The summed E-state index contributed by atoms with van der Waals surface area (Å²) < 4.78 is 0. The number of phenolic OH excluding ortho intramolecular Hbond substituents is 2. The summed E-state index contributed by atoms with van der Waals surface area (Å²) >= 11 is 5.25. The zero-order valence-corrected chi connectivity index (χ0v) is 12.9. The van der Waals surface area contributed by atoms with Crippen LogP contribution in [0.15, 0.2) is 53.6 Å². The largest absolute Gasteiger partial charge is 0.504 e. The van der Waals surface area contributed by atoms with Crippen molar-refractivity contribution in [3.05, 3.63) is 59.7 Å². The zero-order chi connectivity index (χ0) is 15.9. The highest BCUT2D eigenvalue weighted by atomic mass is 32.1. The molecule has 6 heteroatoms. The average molecular weight is 315 g/mol. The van der Waals surface area contributed by atoms with E-state index in [1.807, 2.05) is 30.3 Å². The lowest BCUT2D eigenvalue weighted by molar-refractivity contribution is 0.403. The third-order valence-corrected chi connectivity index (χ3v) is 3.37. The minimum atomic E-state index is -0.184. The Balaban J connectivity index is 1.90. The molecule has 0 aliphatic carbocycles. The first-order valence-corrected chi connectivity index (χ1v) is 7.08. The summed E-state index contributed by atoms with van der Waals surface area (Å²) in [6, 6.07) is 14.4. The number of aromatic hydroxyl groups is 2. The van der Waals surface area contributed by atoms with Crippen LogP contribution in [0.1, 0.15) is 11.1 Å². The van der Waals surface area contributed by atoms with Gasteiger partial charge in [-0.3, -0.25) is 0 Å². The Hall–Kier alpha value is -2.60. The number of hydrazone groups is 1. The first-order chi connectivity index (χ1) is 10.6. The molecule has 0 unspecified atom stereocenters. The van der Waals surface area contributed by atoms with Crippen molar-refractivity contribution in [3.63, 3.8) is 0 Å². The Morgan fingerprint density at radius 3 is 2.59 bits per heavy atom. The van der Waals surface area contributed by atoms with Crippen molar-refractivity contribution in [3.8, 4) is 11.5 Å². The lowest BCUT2D eigenvalue weighted by atomic mass is 10.2. The average Bonchev–Trinajstić information content (AvgIpc) is 2.54. The summed E-state index contributed by atoms with van der Waals surface area (Å²) in [6.07, 6.45) is 1.55. The van der Waals surface area contributed by atoms with Crippen molar-refractivity contribution in [1.82, 2.24) is 10.3 Å². The van der Waals surface area contributed by atoms with E-state index in [4.69, 9.17) is 12.2 Å². The van der Waals surface area contributed by atoms with Crippen LogP contribution in [0.2, 0.25) is 0 Å². The standard InChI is InChI=1S/C16H17N3O2S/c1-19(16(22)17-10-12-5-3-2-4-6-12)18-11-13-7-8-14(20)15(21)9-13/h2-9,11,20-21H,10H2,1H3,(H,17,22)/b18-11+. The van der Waals surface area contributed by atoms with E-state index in [0.717, 1.165) is 5.56 Å². The summed E-state index contributed by atoms with van der Waals surface area (Å²) in [5.41, 5.74) is 1.79. The van der Waals surface area contributed by atoms with Crippen molar-refractivity contribution in [2.24, 2.45) is 5.10 Å². The van der Waals surface area contributed by atoms with Crippen LogP contribution in [0.5, 0.6) is 11.5 Å². The Morgan fingerprint density at radius 1 is 1.18 bits per heavy atom. The van der Waals surface area contributed by atoms with E-state index < -0.39 is 0 Å². The number of rotatable bonds is 4. The normalized spacial score (nSPS) is 10.6. The van der Waals surface area contributed by atoms with Gasteiger partial charge < -0.3 is 15.5 Å². The molecule has 0 heterocycles. The molecule has 0 saturated carbocycles. The SMILES string of the molecule is CN(/N=C/c1ccc(O)c(O)c1)C(=S)NCc1ccccc1. The summed E-state index contributed by atoms with van der Waals surface area (Å²) in [4.78, 5) is 0. The van der Waals surface area contributed by atoms with Gasteiger partial charge in [-0.25, -0.2) is 5.01 Å². The van der Waals surface area contributed by atoms with E-state index in [1.165, 1.54) is 17.1 Å². The molecule has 0 bridgehead atoms. The van der Waals surface area contributed by atoms with Crippen LogP contribution in [-0.4, -0.2) is 33.6 Å². The van der Waals surface area contributed by atoms with Crippen LogP contribution >= 0.6 is 12.2 Å². The molecule has 0 radical (unpaired) electrons. The van der Waals surface area contributed by atoms with E-state index in [-0.39, 0.29) is 11.5 Å². The fourth-order valence-electron chi connectivity index (χ4n) is 1.71. The molecule has 0 amide bonds. The molecule has 0 aromatic heterocycles. The highest BCUT2D eigenvalue weighted by molar-refractivity contribution is 7.80. The highest BCUT2D eigenvalue weighted by Gasteiger charge is 2.02. The molecule has 2 rings (SSSR count). The first kappa shape index (κ1) is 15.8. The van der Waals surface area contributed by atoms with Gasteiger partial charge in [-0.15, -0.1) is 0 Å². The maximum Gasteiger partial charge on any atom is 0.189 e. The van der Waals surface area contributed by atoms with E-state index in [9.17, 15) is 10.2 Å². The van der Waals surface area contributed by atoms with Gasteiger partial charge in [0.25, 0.3) is 0 Å². The maximum absolute atomic E-state index is 9.42. The Bertz CT molecular complexity index is 674. The molecule has 0 saturated heterocycles. The molecular formula is C16H17N3O2S. The second-order valence-electron chi connectivity index (χ2n) is 4.66. The van der Waals surface area contributed by atoms with Crippen molar-refractivity contribution in [1.29, 1.82) is 0 Å². The quantitative estimate of drug-likeness (QED) is 0.350. The molecule has 0 fully saturated rings. The number of hydrogen-bond donors (Lipinski definition) is 3. The van der Waals surface area contributed by atoms with Crippen LogP contribution in [0.4, 0.5) is 0 Å². The number of thiocarbonyl (C=S) groups is 1. The van der Waals surface area contributed by atoms with Gasteiger partial charge in [0.05, 0.1) is 6.21 Å². The Morgan fingerprint density at radius 2 is 1.91 bits per heavy atom. The fraction of sp³-hybridized carbons (Fsp3) is 0.125.